The van der Waals surface area contributed by atoms with Crippen molar-refractivity contribution in [3.63, 3.8) is 0 Å². The van der Waals surface area contributed by atoms with E-state index in [2.05, 4.69) is 10.6 Å². The maximum absolute atomic E-state index is 13.2. The van der Waals surface area contributed by atoms with Crippen molar-refractivity contribution < 1.29 is 19.1 Å². The number of anilines is 2. The summed E-state index contributed by atoms with van der Waals surface area (Å²) in [7, 11) is 0. The third-order valence-electron chi connectivity index (χ3n) is 5.00. The topological polar surface area (TPSA) is 87.7 Å². The van der Waals surface area contributed by atoms with Crippen molar-refractivity contribution in [1.29, 1.82) is 0 Å². The lowest BCUT2D eigenvalue weighted by Gasteiger charge is -2.28. The van der Waals surface area contributed by atoms with Gasteiger partial charge < -0.3 is 10.1 Å². The number of nitrogens with one attached hydrogen (secondary N) is 2. The summed E-state index contributed by atoms with van der Waals surface area (Å²) in [5.74, 6) is -1.13. The number of thiocarbonyl (C=S) groups is 1. The molecule has 0 spiro atoms. The first-order valence-electron chi connectivity index (χ1n) is 10.5. The SMILES string of the molecule is Cc1cccc(NC(=O)COc2ccccc2/C=C2/C(=O)NC(=S)N(c3ccccc3)C2=O)c1. The molecule has 1 fully saturated rings. The molecule has 7 nitrogen and oxygen atoms in total. The van der Waals surface area contributed by atoms with Crippen LogP contribution in [0.5, 0.6) is 5.75 Å². The van der Waals surface area contributed by atoms with Crippen molar-refractivity contribution in [2.24, 2.45) is 0 Å². The second kappa shape index (κ2) is 10.1. The molecule has 2 N–H and O–H groups in total. The summed E-state index contributed by atoms with van der Waals surface area (Å²) in [6, 6.07) is 23.1. The summed E-state index contributed by atoms with van der Waals surface area (Å²) in [6.07, 6.45) is 1.43. The Labute approximate surface area is 202 Å². The quantitative estimate of drug-likeness (QED) is 0.324. The molecule has 3 aromatic rings. The Hall–Kier alpha value is -4.30. The third kappa shape index (κ3) is 5.19. The highest BCUT2D eigenvalue weighted by Crippen LogP contribution is 2.25. The normalized spacial score (nSPS) is 14.7. The van der Waals surface area contributed by atoms with Gasteiger partial charge in [0.25, 0.3) is 17.7 Å². The van der Waals surface area contributed by atoms with Crippen molar-refractivity contribution in [1.82, 2.24) is 5.32 Å². The highest BCUT2D eigenvalue weighted by atomic mass is 32.1. The van der Waals surface area contributed by atoms with Gasteiger partial charge in [-0.25, -0.2) is 0 Å². The molecule has 170 valence electrons. The molecule has 4 rings (SSSR count). The predicted molar refractivity (Wildman–Crippen MR) is 134 cm³/mol. The minimum atomic E-state index is -0.603. The fourth-order valence-electron chi connectivity index (χ4n) is 3.42. The summed E-state index contributed by atoms with van der Waals surface area (Å²) in [5, 5.41) is 5.34. The summed E-state index contributed by atoms with van der Waals surface area (Å²) in [5.41, 5.74) is 2.62. The Morgan fingerprint density at radius 3 is 2.53 bits per heavy atom. The molecule has 1 saturated heterocycles. The van der Waals surface area contributed by atoms with E-state index >= 15 is 0 Å². The van der Waals surface area contributed by atoms with Gasteiger partial charge in [-0.2, -0.15) is 0 Å². The lowest BCUT2D eigenvalue weighted by molar-refractivity contribution is -0.122. The summed E-state index contributed by atoms with van der Waals surface area (Å²) < 4.78 is 5.71. The monoisotopic (exact) mass is 471 g/mol. The highest BCUT2D eigenvalue weighted by Gasteiger charge is 2.34. The smallest absolute Gasteiger partial charge is 0.270 e. The Morgan fingerprint density at radius 2 is 1.76 bits per heavy atom. The Balaban J connectivity index is 1.54. The zero-order valence-corrected chi connectivity index (χ0v) is 19.1. The molecule has 0 aromatic heterocycles. The van der Waals surface area contributed by atoms with Gasteiger partial charge in [-0.3, -0.25) is 24.6 Å². The lowest BCUT2D eigenvalue weighted by Crippen LogP contribution is -2.54. The van der Waals surface area contributed by atoms with Gasteiger partial charge in [0.1, 0.15) is 11.3 Å². The molecule has 1 heterocycles. The van der Waals surface area contributed by atoms with Gasteiger partial charge in [-0.15, -0.1) is 0 Å². The maximum atomic E-state index is 13.2. The van der Waals surface area contributed by atoms with E-state index in [-0.39, 0.29) is 23.2 Å². The number of ether oxygens (including phenoxy) is 1. The number of para-hydroxylation sites is 2. The Morgan fingerprint density at radius 1 is 1.03 bits per heavy atom. The summed E-state index contributed by atoms with van der Waals surface area (Å²) in [6.45, 7) is 1.69. The molecule has 34 heavy (non-hydrogen) atoms. The molecule has 0 radical (unpaired) electrons. The van der Waals surface area contributed by atoms with E-state index in [0.29, 0.717) is 22.7 Å². The van der Waals surface area contributed by atoms with E-state index in [0.717, 1.165) is 5.56 Å². The van der Waals surface area contributed by atoms with Crippen LogP contribution in [0, 0.1) is 6.92 Å². The van der Waals surface area contributed by atoms with Crippen LogP contribution in [-0.4, -0.2) is 29.4 Å². The second-order valence-corrected chi connectivity index (χ2v) is 7.92. The minimum absolute atomic E-state index is 0.00991. The fraction of sp³-hybridized carbons (Fsp3) is 0.0769. The largest absolute Gasteiger partial charge is 0.483 e. The molecule has 0 unspecified atom stereocenters. The van der Waals surface area contributed by atoms with Gasteiger partial charge >= 0.3 is 0 Å². The van der Waals surface area contributed by atoms with Gasteiger partial charge in [0, 0.05) is 11.3 Å². The van der Waals surface area contributed by atoms with Gasteiger partial charge in [0.05, 0.1) is 5.69 Å². The van der Waals surface area contributed by atoms with Crippen LogP contribution in [-0.2, 0) is 14.4 Å². The van der Waals surface area contributed by atoms with Crippen LogP contribution in [0.2, 0.25) is 0 Å². The van der Waals surface area contributed by atoms with Crippen molar-refractivity contribution in [2.45, 2.75) is 6.92 Å². The number of hydrogen-bond acceptors (Lipinski definition) is 5. The van der Waals surface area contributed by atoms with Crippen LogP contribution in [0.3, 0.4) is 0 Å². The van der Waals surface area contributed by atoms with Crippen LogP contribution >= 0.6 is 12.2 Å². The van der Waals surface area contributed by atoms with Crippen LogP contribution in [0.4, 0.5) is 11.4 Å². The summed E-state index contributed by atoms with van der Waals surface area (Å²) >= 11 is 5.22. The van der Waals surface area contributed by atoms with Gasteiger partial charge in [-0.05, 0) is 61.1 Å². The van der Waals surface area contributed by atoms with Gasteiger partial charge in [0.15, 0.2) is 11.7 Å². The molecular weight excluding hydrogens is 450 g/mol. The van der Waals surface area contributed by atoms with E-state index in [1.165, 1.54) is 11.0 Å². The molecule has 3 aromatic carbocycles. The number of carbonyl (C=O) groups excluding carboxylic acids is 3. The van der Waals surface area contributed by atoms with E-state index < -0.39 is 11.8 Å². The third-order valence-corrected chi connectivity index (χ3v) is 5.28. The van der Waals surface area contributed by atoms with Crippen molar-refractivity contribution in [3.8, 4) is 5.75 Å². The number of aryl methyl sites for hydroxylation is 1. The van der Waals surface area contributed by atoms with Crippen LogP contribution in [0.15, 0.2) is 84.4 Å². The van der Waals surface area contributed by atoms with Crippen LogP contribution < -0.4 is 20.3 Å². The zero-order valence-electron chi connectivity index (χ0n) is 18.3. The first kappa shape index (κ1) is 22.9. The highest BCUT2D eigenvalue weighted by molar-refractivity contribution is 7.80. The number of carbonyl (C=O) groups is 3. The lowest BCUT2D eigenvalue weighted by atomic mass is 10.1. The molecule has 0 saturated carbocycles. The van der Waals surface area contributed by atoms with E-state index in [4.69, 9.17) is 17.0 Å². The maximum Gasteiger partial charge on any atom is 0.270 e. The molecular formula is C26H21N3O4S. The van der Waals surface area contributed by atoms with Gasteiger partial charge in [0.2, 0.25) is 0 Å². The number of rotatable bonds is 6. The molecule has 0 bridgehead atoms. The van der Waals surface area contributed by atoms with Crippen LogP contribution in [0.1, 0.15) is 11.1 Å². The molecule has 1 aliphatic rings. The van der Waals surface area contributed by atoms with Crippen molar-refractivity contribution in [2.75, 3.05) is 16.8 Å². The average Bonchev–Trinajstić information content (AvgIpc) is 2.81. The number of hydrogen-bond donors (Lipinski definition) is 2. The molecule has 0 aliphatic carbocycles. The van der Waals surface area contributed by atoms with E-state index in [1.807, 2.05) is 31.2 Å². The molecule has 3 amide bonds. The van der Waals surface area contributed by atoms with Crippen molar-refractivity contribution >= 4 is 52.5 Å². The molecule has 1 aliphatic heterocycles. The van der Waals surface area contributed by atoms with Crippen LogP contribution in [0.25, 0.3) is 6.08 Å². The summed E-state index contributed by atoms with van der Waals surface area (Å²) in [4.78, 5) is 39.4. The number of nitrogens with zero attached hydrogens (tertiary/aromatic N) is 1. The zero-order chi connectivity index (χ0) is 24.1. The average molecular weight is 472 g/mol. The minimum Gasteiger partial charge on any atom is -0.483 e. The first-order chi connectivity index (χ1) is 16.4. The fourth-order valence-corrected chi connectivity index (χ4v) is 3.70. The Bertz CT molecular complexity index is 1300. The Kier molecular flexibility index (Phi) is 6.79. The van der Waals surface area contributed by atoms with E-state index in [9.17, 15) is 14.4 Å². The molecule has 0 atom stereocenters. The van der Waals surface area contributed by atoms with E-state index in [1.54, 1.807) is 54.6 Å². The number of amides is 3. The molecule has 8 heteroatoms. The first-order valence-corrected chi connectivity index (χ1v) is 10.9. The second-order valence-electron chi connectivity index (χ2n) is 7.54. The van der Waals surface area contributed by atoms with Crippen molar-refractivity contribution in [3.05, 3.63) is 95.6 Å². The standard InChI is InChI=1S/C26H21N3O4S/c1-17-8-7-10-19(14-17)27-23(30)16-33-22-13-6-5-9-18(22)15-21-24(31)28-26(34)29(25(21)32)20-11-3-2-4-12-20/h2-15H,16H2,1H3,(H,27,30)(H,28,31,34)/b21-15-. The number of benzene rings is 3. The van der Waals surface area contributed by atoms with Gasteiger partial charge in [-0.1, -0.05) is 48.5 Å². The predicted octanol–water partition coefficient (Wildman–Crippen LogP) is 3.84.